The van der Waals surface area contributed by atoms with Gasteiger partial charge >= 0.3 is 0 Å². The van der Waals surface area contributed by atoms with E-state index >= 15 is 0 Å². The van der Waals surface area contributed by atoms with Gasteiger partial charge in [0.15, 0.2) is 18.9 Å². The minimum Gasteiger partial charge on any atom is -0.333 e. The van der Waals surface area contributed by atoms with Crippen LogP contribution in [-0.4, -0.2) is 9.97 Å². The van der Waals surface area contributed by atoms with Gasteiger partial charge in [0.25, 0.3) is 0 Å². The SMILES string of the molecule is C=CC[n+]1ccc2nc(-c3ccc(-c4ccc(C)c(C)c4)cc3)[nH]c2c1. The molecule has 0 fully saturated rings. The molecule has 0 aliphatic carbocycles. The summed E-state index contributed by atoms with van der Waals surface area (Å²) in [5.74, 6) is 0.892. The van der Waals surface area contributed by atoms with E-state index in [1.165, 1.54) is 22.3 Å². The Morgan fingerprint density at radius 1 is 0.962 bits per heavy atom. The number of H-pyrrole nitrogens is 1. The third-order valence-corrected chi connectivity index (χ3v) is 4.82. The third-order valence-electron chi connectivity index (χ3n) is 4.82. The van der Waals surface area contributed by atoms with Crippen molar-refractivity contribution in [1.29, 1.82) is 0 Å². The summed E-state index contributed by atoms with van der Waals surface area (Å²) < 4.78 is 2.08. The Labute approximate surface area is 153 Å². The first-order valence-corrected chi connectivity index (χ1v) is 8.82. The predicted molar refractivity (Wildman–Crippen MR) is 107 cm³/mol. The molecule has 0 bridgehead atoms. The number of allylic oxidation sites excluding steroid dienone is 1. The molecule has 26 heavy (non-hydrogen) atoms. The van der Waals surface area contributed by atoms with Gasteiger partial charge in [-0.3, -0.25) is 0 Å². The van der Waals surface area contributed by atoms with Crippen LogP contribution in [0.25, 0.3) is 33.5 Å². The van der Waals surface area contributed by atoms with E-state index in [1.54, 1.807) is 0 Å². The molecule has 0 aliphatic heterocycles. The van der Waals surface area contributed by atoms with Crippen LogP contribution in [0.1, 0.15) is 11.1 Å². The van der Waals surface area contributed by atoms with Gasteiger partial charge in [-0.2, -0.15) is 4.57 Å². The Morgan fingerprint density at radius 2 is 1.69 bits per heavy atom. The number of nitrogens with zero attached hydrogens (tertiary/aromatic N) is 2. The third kappa shape index (κ3) is 3.04. The highest BCUT2D eigenvalue weighted by Crippen LogP contribution is 2.26. The normalized spacial score (nSPS) is 11.0. The van der Waals surface area contributed by atoms with Crippen LogP contribution in [0.2, 0.25) is 0 Å². The van der Waals surface area contributed by atoms with Crippen molar-refractivity contribution in [3.05, 3.63) is 84.7 Å². The lowest BCUT2D eigenvalue weighted by atomic mass is 9.99. The van der Waals surface area contributed by atoms with Crippen LogP contribution >= 0.6 is 0 Å². The van der Waals surface area contributed by atoms with Crippen molar-refractivity contribution in [1.82, 2.24) is 9.97 Å². The number of imidazole rings is 1. The molecule has 0 unspecified atom stereocenters. The average molecular weight is 340 g/mol. The molecule has 0 amide bonds. The molecule has 1 N–H and O–H groups in total. The fourth-order valence-electron chi connectivity index (χ4n) is 3.14. The van der Waals surface area contributed by atoms with Gasteiger partial charge in [-0.15, -0.1) is 0 Å². The zero-order chi connectivity index (χ0) is 18.1. The van der Waals surface area contributed by atoms with Crippen molar-refractivity contribution >= 4 is 11.0 Å². The number of aromatic amines is 1. The van der Waals surface area contributed by atoms with Crippen molar-refractivity contribution in [3.63, 3.8) is 0 Å². The summed E-state index contributed by atoms with van der Waals surface area (Å²) >= 11 is 0. The van der Waals surface area contributed by atoms with Gasteiger partial charge in [0, 0.05) is 11.6 Å². The molecule has 0 saturated carbocycles. The molecule has 4 rings (SSSR count). The van der Waals surface area contributed by atoms with Crippen molar-refractivity contribution in [2.24, 2.45) is 0 Å². The van der Waals surface area contributed by atoms with Crippen LogP contribution < -0.4 is 4.57 Å². The molecule has 0 atom stereocenters. The molecule has 0 spiro atoms. The van der Waals surface area contributed by atoms with Gasteiger partial charge in [0.05, 0.1) is 0 Å². The van der Waals surface area contributed by atoms with Gasteiger partial charge in [-0.25, -0.2) is 4.98 Å². The molecular formula is C23H22N3+. The molecule has 2 aromatic carbocycles. The number of aromatic nitrogens is 3. The maximum atomic E-state index is 4.72. The molecule has 2 heterocycles. The molecule has 3 nitrogen and oxygen atoms in total. The number of nitrogens with one attached hydrogen (secondary N) is 1. The van der Waals surface area contributed by atoms with E-state index in [1.807, 2.05) is 18.3 Å². The summed E-state index contributed by atoms with van der Waals surface area (Å²) in [6.45, 7) is 8.87. The van der Waals surface area contributed by atoms with Gasteiger partial charge in [-0.1, -0.05) is 49.0 Å². The largest absolute Gasteiger partial charge is 0.333 e. The summed E-state index contributed by atoms with van der Waals surface area (Å²) in [7, 11) is 0. The van der Waals surface area contributed by atoms with Crippen molar-refractivity contribution in [2.45, 2.75) is 20.4 Å². The number of benzene rings is 2. The molecule has 0 saturated heterocycles. The smallest absolute Gasteiger partial charge is 0.195 e. The van der Waals surface area contributed by atoms with Gasteiger partial charge < -0.3 is 4.98 Å². The van der Waals surface area contributed by atoms with E-state index in [0.29, 0.717) is 0 Å². The standard InChI is InChI=1S/C23H21N3/c1-4-12-26-13-11-21-22(15-26)25-23(24-21)19-9-7-18(8-10-19)20-6-5-16(2)17(3)14-20/h4-11,13-15H,1,12H2,2-3H3/p+1. The fourth-order valence-corrected chi connectivity index (χ4v) is 3.14. The highest BCUT2D eigenvalue weighted by molar-refractivity contribution is 5.78. The van der Waals surface area contributed by atoms with Crippen molar-refractivity contribution in [3.8, 4) is 22.5 Å². The topological polar surface area (TPSA) is 32.6 Å². The van der Waals surface area contributed by atoms with Gasteiger partial charge in [0.2, 0.25) is 0 Å². The van der Waals surface area contributed by atoms with E-state index in [2.05, 4.69) is 78.6 Å². The molecule has 0 radical (unpaired) electrons. The first-order valence-electron chi connectivity index (χ1n) is 8.82. The van der Waals surface area contributed by atoms with Crippen molar-refractivity contribution in [2.75, 3.05) is 0 Å². The number of fused-ring (bicyclic) bond motifs is 1. The zero-order valence-electron chi connectivity index (χ0n) is 15.2. The minimum absolute atomic E-state index is 0.787. The Hall–Kier alpha value is -3.20. The van der Waals surface area contributed by atoms with Gasteiger partial charge in [-0.05, 0) is 42.2 Å². The highest BCUT2D eigenvalue weighted by atomic mass is 15.0. The fraction of sp³-hybridized carbons (Fsp3) is 0.130. The first kappa shape index (κ1) is 16.3. The quantitative estimate of drug-likeness (QED) is 0.412. The molecule has 128 valence electrons. The number of hydrogen-bond donors (Lipinski definition) is 1. The molecule has 0 aliphatic rings. The molecular weight excluding hydrogens is 318 g/mol. The Balaban J connectivity index is 1.66. The van der Waals surface area contributed by atoms with Crippen LogP contribution in [0, 0.1) is 13.8 Å². The maximum absolute atomic E-state index is 4.72. The zero-order valence-corrected chi connectivity index (χ0v) is 15.2. The summed E-state index contributed by atoms with van der Waals surface area (Å²) in [6.07, 6.45) is 5.98. The van der Waals surface area contributed by atoms with Crippen LogP contribution in [-0.2, 0) is 6.54 Å². The Bertz CT molecular complexity index is 1090. The first-order chi connectivity index (χ1) is 12.6. The highest BCUT2D eigenvalue weighted by Gasteiger charge is 2.09. The number of rotatable bonds is 4. The van der Waals surface area contributed by atoms with Crippen LogP contribution in [0.3, 0.4) is 0 Å². The average Bonchev–Trinajstić information content (AvgIpc) is 3.08. The van der Waals surface area contributed by atoms with Crippen LogP contribution in [0.4, 0.5) is 0 Å². The van der Waals surface area contributed by atoms with E-state index in [-0.39, 0.29) is 0 Å². The van der Waals surface area contributed by atoms with E-state index in [4.69, 9.17) is 4.98 Å². The summed E-state index contributed by atoms with van der Waals surface area (Å²) in [4.78, 5) is 8.14. The molecule has 4 aromatic rings. The summed E-state index contributed by atoms with van der Waals surface area (Å²) in [6, 6.07) is 17.2. The predicted octanol–water partition coefficient (Wildman–Crippen LogP) is 4.99. The second-order valence-corrected chi connectivity index (χ2v) is 6.69. The Morgan fingerprint density at radius 3 is 2.42 bits per heavy atom. The van der Waals surface area contributed by atoms with E-state index in [0.717, 1.165) is 29.0 Å². The number of hydrogen-bond acceptors (Lipinski definition) is 1. The lowest BCUT2D eigenvalue weighted by molar-refractivity contribution is -0.685. The van der Waals surface area contributed by atoms with Crippen molar-refractivity contribution < 1.29 is 4.57 Å². The minimum atomic E-state index is 0.787. The lowest BCUT2D eigenvalue weighted by Gasteiger charge is -2.06. The second-order valence-electron chi connectivity index (χ2n) is 6.69. The molecule has 3 heteroatoms. The van der Waals surface area contributed by atoms with E-state index in [9.17, 15) is 0 Å². The number of pyridine rings is 1. The maximum Gasteiger partial charge on any atom is 0.195 e. The number of aryl methyl sites for hydroxylation is 2. The summed E-state index contributed by atoms with van der Waals surface area (Å²) in [5.41, 5.74) is 8.19. The van der Waals surface area contributed by atoms with E-state index < -0.39 is 0 Å². The van der Waals surface area contributed by atoms with Crippen LogP contribution in [0.5, 0.6) is 0 Å². The Kier molecular flexibility index (Phi) is 4.13. The lowest BCUT2D eigenvalue weighted by Crippen LogP contribution is -2.31. The monoisotopic (exact) mass is 340 g/mol. The molecule has 2 aromatic heterocycles. The summed E-state index contributed by atoms with van der Waals surface area (Å²) in [5, 5.41) is 0. The van der Waals surface area contributed by atoms with Gasteiger partial charge in [0.1, 0.15) is 16.9 Å². The van der Waals surface area contributed by atoms with Crippen LogP contribution in [0.15, 0.2) is 73.6 Å². The second kappa shape index (κ2) is 6.60.